The first-order chi connectivity index (χ1) is 8.45. The Morgan fingerprint density at radius 2 is 2.33 bits per heavy atom. The van der Waals surface area contributed by atoms with Crippen LogP contribution in [-0.2, 0) is 0 Å². The van der Waals surface area contributed by atoms with Gasteiger partial charge in [0, 0.05) is 22.6 Å². The van der Waals surface area contributed by atoms with Crippen LogP contribution in [0.1, 0.15) is 23.7 Å². The molecule has 0 heterocycles. The van der Waals surface area contributed by atoms with Crippen molar-refractivity contribution in [1.29, 1.82) is 0 Å². The Labute approximate surface area is 113 Å². The van der Waals surface area contributed by atoms with Crippen molar-refractivity contribution in [3.05, 3.63) is 51.0 Å². The van der Waals surface area contributed by atoms with Crippen LogP contribution in [0.5, 0.6) is 0 Å². The fraction of sp³-hybridized carbons (Fsp3) is 0.250. The molecule has 0 aliphatic heterocycles. The van der Waals surface area contributed by atoms with Crippen LogP contribution in [0.15, 0.2) is 35.3 Å². The number of hydrogen-bond acceptors (Lipinski definition) is 3. The van der Waals surface area contributed by atoms with Gasteiger partial charge in [0.1, 0.15) is 0 Å². The Morgan fingerprint density at radius 1 is 1.67 bits per heavy atom. The summed E-state index contributed by atoms with van der Waals surface area (Å²) in [5.41, 5.74) is 0.139. The third kappa shape index (κ3) is 3.66. The minimum atomic E-state index is -0.531. The number of benzene rings is 1. The minimum absolute atomic E-state index is 0.0684. The third-order valence-corrected chi connectivity index (χ3v) is 2.99. The SMILES string of the molecule is C=CCC(C)NC(=O)c1cc([N+](=O)[O-])ccc1Br. The van der Waals surface area contributed by atoms with Crippen molar-refractivity contribution in [2.75, 3.05) is 0 Å². The summed E-state index contributed by atoms with van der Waals surface area (Å²) in [5.74, 6) is -0.347. The Bertz CT molecular complexity index is 488. The van der Waals surface area contributed by atoms with Gasteiger partial charge < -0.3 is 5.32 Å². The Hall–Kier alpha value is -1.69. The zero-order valence-corrected chi connectivity index (χ0v) is 11.4. The number of carbonyl (C=O) groups excluding carboxylic acids is 1. The molecule has 0 spiro atoms. The maximum atomic E-state index is 11.9. The molecule has 0 aromatic heterocycles. The molecule has 1 aromatic rings. The smallest absolute Gasteiger partial charge is 0.270 e. The van der Waals surface area contributed by atoms with Crippen LogP contribution in [0.25, 0.3) is 0 Å². The number of nitrogens with one attached hydrogen (secondary N) is 1. The second-order valence-electron chi connectivity index (χ2n) is 3.82. The van der Waals surface area contributed by atoms with E-state index in [0.717, 1.165) is 0 Å². The average molecular weight is 313 g/mol. The number of nitro benzene ring substituents is 1. The summed E-state index contributed by atoms with van der Waals surface area (Å²) in [6, 6.07) is 4.01. The van der Waals surface area contributed by atoms with Gasteiger partial charge in [0.25, 0.3) is 11.6 Å². The second-order valence-corrected chi connectivity index (χ2v) is 4.67. The number of carbonyl (C=O) groups is 1. The van der Waals surface area contributed by atoms with E-state index in [0.29, 0.717) is 10.9 Å². The van der Waals surface area contributed by atoms with Gasteiger partial charge >= 0.3 is 0 Å². The summed E-state index contributed by atoms with van der Waals surface area (Å²) in [7, 11) is 0. The fourth-order valence-electron chi connectivity index (χ4n) is 1.41. The third-order valence-electron chi connectivity index (χ3n) is 2.30. The van der Waals surface area contributed by atoms with Crippen molar-refractivity contribution in [2.45, 2.75) is 19.4 Å². The maximum Gasteiger partial charge on any atom is 0.270 e. The van der Waals surface area contributed by atoms with E-state index in [1.807, 2.05) is 6.92 Å². The molecule has 1 aromatic carbocycles. The van der Waals surface area contributed by atoms with E-state index < -0.39 is 4.92 Å². The summed E-state index contributed by atoms with van der Waals surface area (Å²) in [6.07, 6.45) is 2.34. The highest BCUT2D eigenvalue weighted by molar-refractivity contribution is 9.10. The molecule has 0 saturated carbocycles. The van der Waals surface area contributed by atoms with Gasteiger partial charge in [-0.1, -0.05) is 6.08 Å². The number of amides is 1. The van der Waals surface area contributed by atoms with E-state index in [9.17, 15) is 14.9 Å². The van der Waals surface area contributed by atoms with Crippen LogP contribution in [0, 0.1) is 10.1 Å². The van der Waals surface area contributed by atoms with Gasteiger partial charge in [0.2, 0.25) is 0 Å². The molecule has 0 bridgehead atoms. The largest absolute Gasteiger partial charge is 0.349 e. The molecular formula is C12H13BrN2O3. The van der Waals surface area contributed by atoms with Crippen LogP contribution in [-0.4, -0.2) is 16.9 Å². The first-order valence-corrected chi connectivity index (χ1v) is 6.10. The van der Waals surface area contributed by atoms with Crippen molar-refractivity contribution in [3.8, 4) is 0 Å². The van der Waals surface area contributed by atoms with Gasteiger partial charge in [-0.2, -0.15) is 0 Å². The second kappa shape index (κ2) is 6.30. The van der Waals surface area contributed by atoms with Crippen LogP contribution < -0.4 is 5.32 Å². The molecule has 0 saturated heterocycles. The lowest BCUT2D eigenvalue weighted by atomic mass is 10.1. The molecular weight excluding hydrogens is 300 g/mol. The highest BCUT2D eigenvalue weighted by Gasteiger charge is 2.16. The van der Waals surface area contributed by atoms with E-state index in [4.69, 9.17) is 0 Å². The monoisotopic (exact) mass is 312 g/mol. The summed E-state index contributed by atoms with van der Waals surface area (Å²) < 4.78 is 0.524. The molecule has 0 aliphatic carbocycles. The summed E-state index contributed by atoms with van der Waals surface area (Å²) in [6.45, 7) is 5.42. The van der Waals surface area contributed by atoms with E-state index >= 15 is 0 Å². The van der Waals surface area contributed by atoms with Crippen LogP contribution in [0.2, 0.25) is 0 Å². The summed E-state index contributed by atoms with van der Waals surface area (Å²) >= 11 is 3.21. The van der Waals surface area contributed by atoms with Gasteiger partial charge in [-0.3, -0.25) is 14.9 Å². The number of non-ortho nitro benzene ring substituents is 1. The Morgan fingerprint density at radius 3 is 2.89 bits per heavy atom. The number of rotatable bonds is 5. The van der Waals surface area contributed by atoms with Crippen LogP contribution >= 0.6 is 15.9 Å². The lowest BCUT2D eigenvalue weighted by Gasteiger charge is -2.12. The van der Waals surface area contributed by atoms with Crippen molar-refractivity contribution >= 4 is 27.5 Å². The lowest BCUT2D eigenvalue weighted by molar-refractivity contribution is -0.384. The predicted molar refractivity (Wildman–Crippen MR) is 72.5 cm³/mol. The quantitative estimate of drug-likeness (QED) is 0.516. The van der Waals surface area contributed by atoms with Gasteiger partial charge in [0.15, 0.2) is 0 Å². The van der Waals surface area contributed by atoms with Crippen molar-refractivity contribution in [2.24, 2.45) is 0 Å². The zero-order valence-electron chi connectivity index (χ0n) is 9.85. The molecule has 96 valence electrons. The normalized spacial score (nSPS) is 11.7. The molecule has 1 atom stereocenters. The molecule has 1 amide bonds. The number of hydrogen-bond donors (Lipinski definition) is 1. The Kier molecular flexibility index (Phi) is 5.03. The van der Waals surface area contributed by atoms with Gasteiger partial charge in [-0.15, -0.1) is 6.58 Å². The topological polar surface area (TPSA) is 72.2 Å². The van der Waals surface area contributed by atoms with E-state index in [-0.39, 0.29) is 23.2 Å². The summed E-state index contributed by atoms with van der Waals surface area (Å²) in [4.78, 5) is 22.1. The highest BCUT2D eigenvalue weighted by Crippen LogP contribution is 2.22. The van der Waals surface area contributed by atoms with Crippen LogP contribution in [0.3, 0.4) is 0 Å². The molecule has 1 N–H and O–H groups in total. The van der Waals surface area contributed by atoms with E-state index in [1.165, 1.54) is 18.2 Å². The predicted octanol–water partition coefficient (Wildman–Crippen LogP) is 3.05. The van der Waals surface area contributed by atoms with Gasteiger partial charge in [0.05, 0.1) is 10.5 Å². The minimum Gasteiger partial charge on any atom is -0.349 e. The number of nitrogens with zero attached hydrogens (tertiary/aromatic N) is 1. The highest BCUT2D eigenvalue weighted by atomic mass is 79.9. The maximum absolute atomic E-state index is 11.9. The molecule has 0 fully saturated rings. The molecule has 0 radical (unpaired) electrons. The van der Waals surface area contributed by atoms with E-state index in [2.05, 4.69) is 27.8 Å². The molecule has 18 heavy (non-hydrogen) atoms. The zero-order chi connectivity index (χ0) is 13.7. The Balaban J connectivity index is 2.94. The van der Waals surface area contributed by atoms with Crippen molar-refractivity contribution in [1.82, 2.24) is 5.32 Å². The standard InChI is InChI=1S/C12H13BrN2O3/c1-3-4-8(2)14-12(16)10-7-9(15(17)18)5-6-11(10)13/h3,5-8H,1,4H2,2H3,(H,14,16). The summed E-state index contributed by atoms with van der Waals surface area (Å²) in [5, 5.41) is 13.4. The van der Waals surface area contributed by atoms with Gasteiger partial charge in [-0.05, 0) is 35.3 Å². The lowest BCUT2D eigenvalue weighted by Crippen LogP contribution is -2.32. The molecule has 1 rings (SSSR count). The van der Waals surface area contributed by atoms with E-state index in [1.54, 1.807) is 6.08 Å². The van der Waals surface area contributed by atoms with Gasteiger partial charge in [-0.25, -0.2) is 0 Å². The molecule has 5 nitrogen and oxygen atoms in total. The van der Waals surface area contributed by atoms with Crippen LogP contribution in [0.4, 0.5) is 5.69 Å². The molecule has 6 heteroatoms. The van der Waals surface area contributed by atoms with Crippen molar-refractivity contribution < 1.29 is 9.72 Å². The molecule has 1 unspecified atom stereocenters. The molecule has 0 aliphatic rings. The number of nitro groups is 1. The van der Waals surface area contributed by atoms with Crippen molar-refractivity contribution in [3.63, 3.8) is 0 Å². The average Bonchev–Trinajstić information content (AvgIpc) is 2.29. The first kappa shape index (κ1) is 14.4. The number of halogens is 1. The first-order valence-electron chi connectivity index (χ1n) is 5.31. The fourth-order valence-corrected chi connectivity index (χ4v) is 1.84.